The number of carboxylic acids is 1. The molecule has 10 heteroatoms. The van der Waals surface area contributed by atoms with E-state index in [1.54, 1.807) is 25.1 Å². The molecule has 0 fully saturated rings. The van der Waals surface area contributed by atoms with Crippen molar-refractivity contribution >= 4 is 12.0 Å². The molecule has 3 aromatic carbocycles. The van der Waals surface area contributed by atoms with Crippen LogP contribution in [-0.2, 0) is 16.6 Å². The average molecular weight is 597 g/mol. The Bertz CT molecular complexity index is 1470. The number of alkyl halides is 6. The van der Waals surface area contributed by atoms with Gasteiger partial charge in [-0.15, -0.1) is 0 Å². The summed E-state index contributed by atoms with van der Waals surface area (Å²) in [5, 5.41) is 18.4. The second-order valence-electron chi connectivity index (χ2n) is 10.4. The second-order valence-corrected chi connectivity index (χ2v) is 10.4. The van der Waals surface area contributed by atoms with Gasteiger partial charge < -0.3 is 10.2 Å². The van der Waals surface area contributed by atoms with E-state index < -0.39 is 41.6 Å². The summed E-state index contributed by atoms with van der Waals surface area (Å²) < 4.78 is 93.1. The number of aliphatic carboxylic acids is 1. The Balaban J connectivity index is 2.01. The van der Waals surface area contributed by atoms with Gasteiger partial charge in [0, 0.05) is 5.41 Å². The lowest BCUT2D eigenvalue weighted by Crippen LogP contribution is -2.55. The van der Waals surface area contributed by atoms with E-state index in [2.05, 4.69) is 0 Å². The lowest BCUT2D eigenvalue weighted by Gasteiger charge is -2.34. The number of benzene rings is 3. The fourth-order valence-electron chi connectivity index (χ4n) is 5.26. The van der Waals surface area contributed by atoms with Crippen LogP contribution in [0.15, 0.2) is 60.7 Å². The third kappa shape index (κ3) is 6.23. The standard InChI is InChI=1S/C32H31F7O3/c1-5-29(6-2,24-10-9-21(19(3)15-24)13-14-30(42,31(34,35)36)32(37,38)39)25-11-12-26(20(4)16-25)22-7-8-23(18-28(40)41)27(33)17-22/h7-17,42H,5-6,18H2,1-4H3,(H,40,41)/b14-13+. The molecule has 226 valence electrons. The maximum atomic E-state index is 14.5. The number of carbonyl (C=O) groups is 1. The topological polar surface area (TPSA) is 57.5 Å². The van der Waals surface area contributed by atoms with Crippen molar-refractivity contribution in [3.05, 3.63) is 99.9 Å². The fraction of sp³-hybridized carbons (Fsp3) is 0.344. The Kier molecular flexibility index (Phi) is 9.32. The van der Waals surface area contributed by atoms with Gasteiger partial charge in [-0.2, -0.15) is 26.3 Å². The zero-order chi connectivity index (χ0) is 31.7. The molecule has 3 aromatic rings. The summed E-state index contributed by atoms with van der Waals surface area (Å²) in [7, 11) is 0. The normalized spacial score (nSPS) is 13.1. The molecule has 0 aromatic heterocycles. The molecule has 0 aliphatic heterocycles. The zero-order valence-corrected chi connectivity index (χ0v) is 23.4. The van der Waals surface area contributed by atoms with Crippen molar-refractivity contribution in [1.82, 2.24) is 0 Å². The number of aliphatic hydroxyl groups is 1. The van der Waals surface area contributed by atoms with Crippen LogP contribution < -0.4 is 0 Å². The van der Waals surface area contributed by atoms with Gasteiger partial charge in [-0.1, -0.05) is 68.5 Å². The van der Waals surface area contributed by atoms with E-state index >= 15 is 0 Å². The Morgan fingerprint density at radius 3 is 1.81 bits per heavy atom. The van der Waals surface area contributed by atoms with Gasteiger partial charge in [0.15, 0.2) is 0 Å². The van der Waals surface area contributed by atoms with Crippen molar-refractivity contribution < 1.29 is 45.7 Å². The van der Waals surface area contributed by atoms with E-state index in [-0.39, 0.29) is 17.2 Å². The molecule has 3 rings (SSSR count). The molecule has 3 nitrogen and oxygen atoms in total. The Morgan fingerprint density at radius 1 is 0.810 bits per heavy atom. The molecule has 0 heterocycles. The monoisotopic (exact) mass is 596 g/mol. The summed E-state index contributed by atoms with van der Waals surface area (Å²) in [4.78, 5) is 11.0. The highest BCUT2D eigenvalue weighted by atomic mass is 19.4. The van der Waals surface area contributed by atoms with Crippen molar-refractivity contribution in [1.29, 1.82) is 0 Å². The van der Waals surface area contributed by atoms with Crippen LogP contribution in [0.2, 0.25) is 0 Å². The Labute approximate surface area is 239 Å². The van der Waals surface area contributed by atoms with E-state index in [1.165, 1.54) is 18.2 Å². The first-order chi connectivity index (χ1) is 19.4. The fourth-order valence-corrected chi connectivity index (χ4v) is 5.26. The Morgan fingerprint density at radius 2 is 1.36 bits per heavy atom. The third-order valence-electron chi connectivity index (χ3n) is 7.88. The molecule has 0 bridgehead atoms. The first-order valence-corrected chi connectivity index (χ1v) is 13.2. The predicted octanol–water partition coefficient (Wildman–Crippen LogP) is 8.71. The van der Waals surface area contributed by atoms with E-state index in [1.807, 2.05) is 39.0 Å². The second kappa shape index (κ2) is 11.9. The van der Waals surface area contributed by atoms with Crippen LogP contribution in [0.3, 0.4) is 0 Å². The van der Waals surface area contributed by atoms with Gasteiger partial charge in [-0.25, -0.2) is 4.39 Å². The molecular weight excluding hydrogens is 565 g/mol. The molecule has 0 atom stereocenters. The number of carboxylic acid groups (broad SMARTS) is 1. The van der Waals surface area contributed by atoms with Gasteiger partial charge in [0.2, 0.25) is 0 Å². The smallest absolute Gasteiger partial charge is 0.430 e. The predicted molar refractivity (Wildman–Crippen MR) is 147 cm³/mol. The summed E-state index contributed by atoms with van der Waals surface area (Å²) in [6.45, 7) is 7.37. The third-order valence-corrected chi connectivity index (χ3v) is 7.88. The highest BCUT2D eigenvalue weighted by Crippen LogP contribution is 2.45. The minimum Gasteiger partial charge on any atom is -0.481 e. The lowest BCUT2D eigenvalue weighted by atomic mass is 9.69. The van der Waals surface area contributed by atoms with Crippen molar-refractivity contribution in [2.75, 3.05) is 0 Å². The van der Waals surface area contributed by atoms with E-state index in [0.29, 0.717) is 30.0 Å². The van der Waals surface area contributed by atoms with Crippen LogP contribution in [0, 0.1) is 19.7 Å². The molecule has 0 amide bonds. The zero-order valence-electron chi connectivity index (χ0n) is 23.4. The summed E-state index contributed by atoms with van der Waals surface area (Å²) in [5.74, 6) is -1.76. The van der Waals surface area contributed by atoms with Crippen LogP contribution >= 0.6 is 0 Å². The van der Waals surface area contributed by atoms with E-state index in [9.17, 15) is 40.6 Å². The maximum Gasteiger partial charge on any atom is 0.430 e. The SMILES string of the molecule is CCC(CC)(c1ccc(/C=C/C(O)(C(F)(F)F)C(F)(F)F)c(C)c1)c1ccc(-c2ccc(CC(=O)O)c(F)c2)c(C)c1. The highest BCUT2D eigenvalue weighted by Gasteiger charge is 2.68. The molecular formula is C32H31F7O3. The minimum absolute atomic E-state index is 0.0756. The molecule has 0 aliphatic rings. The van der Waals surface area contributed by atoms with Crippen LogP contribution in [0.25, 0.3) is 17.2 Å². The number of hydrogen-bond acceptors (Lipinski definition) is 2. The largest absolute Gasteiger partial charge is 0.481 e. The summed E-state index contributed by atoms with van der Waals surface area (Å²) >= 11 is 0. The average Bonchev–Trinajstić information content (AvgIpc) is 2.89. The van der Waals surface area contributed by atoms with Gasteiger partial charge >= 0.3 is 18.3 Å². The quantitative estimate of drug-likeness (QED) is 0.243. The summed E-state index contributed by atoms with van der Waals surface area (Å²) in [6.07, 6.45) is -10.7. The first-order valence-electron chi connectivity index (χ1n) is 13.2. The number of hydrogen-bond donors (Lipinski definition) is 2. The molecule has 0 aliphatic carbocycles. The summed E-state index contributed by atoms with van der Waals surface area (Å²) in [5.41, 5.74) is -1.06. The molecule has 0 saturated heterocycles. The van der Waals surface area contributed by atoms with E-state index in [4.69, 9.17) is 5.11 Å². The van der Waals surface area contributed by atoms with Crippen LogP contribution in [-0.4, -0.2) is 34.1 Å². The maximum absolute atomic E-state index is 14.5. The Hall–Kier alpha value is -3.66. The highest BCUT2D eigenvalue weighted by molar-refractivity contribution is 5.72. The van der Waals surface area contributed by atoms with Crippen LogP contribution in [0.4, 0.5) is 30.7 Å². The summed E-state index contributed by atoms with van der Waals surface area (Å²) in [6, 6.07) is 14.9. The van der Waals surface area contributed by atoms with Gasteiger partial charge in [0.05, 0.1) is 6.42 Å². The van der Waals surface area contributed by atoms with E-state index in [0.717, 1.165) is 22.3 Å². The van der Waals surface area contributed by atoms with Crippen molar-refractivity contribution in [3.63, 3.8) is 0 Å². The van der Waals surface area contributed by atoms with Gasteiger partial charge in [0.1, 0.15) is 5.82 Å². The number of halogens is 7. The molecule has 0 radical (unpaired) electrons. The van der Waals surface area contributed by atoms with Crippen LogP contribution in [0.5, 0.6) is 0 Å². The first kappa shape index (κ1) is 32.8. The molecule has 42 heavy (non-hydrogen) atoms. The van der Waals surface area contributed by atoms with Gasteiger partial charge in [-0.05, 0) is 83.3 Å². The number of rotatable bonds is 9. The molecule has 0 spiro atoms. The van der Waals surface area contributed by atoms with Gasteiger partial charge in [-0.3, -0.25) is 4.79 Å². The van der Waals surface area contributed by atoms with Gasteiger partial charge in [0.25, 0.3) is 5.60 Å². The van der Waals surface area contributed by atoms with Crippen molar-refractivity contribution in [2.24, 2.45) is 0 Å². The molecule has 0 unspecified atom stereocenters. The van der Waals surface area contributed by atoms with Crippen molar-refractivity contribution in [2.45, 2.75) is 70.3 Å². The lowest BCUT2D eigenvalue weighted by molar-refractivity contribution is -0.347. The minimum atomic E-state index is -5.95. The van der Waals surface area contributed by atoms with Crippen molar-refractivity contribution in [3.8, 4) is 11.1 Å². The number of aryl methyl sites for hydroxylation is 2. The molecule has 2 N–H and O–H groups in total. The van der Waals surface area contributed by atoms with Crippen LogP contribution in [0.1, 0.15) is 60.1 Å². The molecule has 0 saturated carbocycles.